The van der Waals surface area contributed by atoms with Crippen LogP contribution in [0.1, 0.15) is 26.7 Å². The normalized spacial score (nSPS) is 10.3. The van der Waals surface area contributed by atoms with Gasteiger partial charge in [0.05, 0.1) is 5.56 Å². The second-order valence-corrected chi connectivity index (χ2v) is 3.42. The maximum Gasteiger partial charge on any atom is 0.371 e. The molecule has 0 saturated heterocycles. The van der Waals surface area contributed by atoms with Crippen LogP contribution in [0.15, 0.2) is 34.7 Å². The largest absolute Gasteiger partial charge is 0.475 e. The van der Waals surface area contributed by atoms with Gasteiger partial charge in [-0.25, -0.2) is 13.6 Å². The predicted molar refractivity (Wildman–Crippen MR) is 55.5 cm³/mol. The molecule has 2 rings (SSSR count). The Morgan fingerprint density at radius 1 is 1.06 bits per heavy atom. The zero-order chi connectivity index (χ0) is 13.3. The molecule has 0 aliphatic heterocycles. The fraction of sp³-hybridized carbons (Fsp3) is 0. The van der Waals surface area contributed by atoms with Gasteiger partial charge in [0.2, 0.25) is 11.5 Å². The lowest BCUT2D eigenvalue weighted by Crippen LogP contribution is -2.03. The fourth-order valence-corrected chi connectivity index (χ4v) is 1.38. The molecular formula is C12H6F2O4. The number of benzene rings is 1. The predicted octanol–water partition coefficient (Wildman–Crippen LogP) is 2.49. The quantitative estimate of drug-likeness (QED) is 0.852. The van der Waals surface area contributed by atoms with Crippen LogP contribution in [0.3, 0.4) is 0 Å². The monoisotopic (exact) mass is 252 g/mol. The minimum atomic E-state index is -1.34. The van der Waals surface area contributed by atoms with Gasteiger partial charge in [-0.05, 0) is 24.3 Å². The molecule has 1 aromatic heterocycles. The summed E-state index contributed by atoms with van der Waals surface area (Å²) in [7, 11) is 0. The van der Waals surface area contributed by atoms with E-state index in [1.807, 2.05) is 0 Å². The summed E-state index contributed by atoms with van der Waals surface area (Å²) in [5.74, 6) is -4.78. The summed E-state index contributed by atoms with van der Waals surface area (Å²) in [5, 5.41) is 8.61. The van der Waals surface area contributed by atoms with Gasteiger partial charge in [0.1, 0.15) is 11.6 Å². The molecule has 0 amide bonds. The van der Waals surface area contributed by atoms with Crippen molar-refractivity contribution in [1.82, 2.24) is 0 Å². The molecule has 1 N–H and O–H groups in total. The molecule has 0 saturated carbocycles. The Kier molecular flexibility index (Phi) is 2.93. The number of furan rings is 1. The molecular weight excluding hydrogens is 246 g/mol. The Hall–Kier alpha value is -2.50. The number of hydrogen-bond donors (Lipinski definition) is 1. The van der Waals surface area contributed by atoms with Crippen LogP contribution in [0.5, 0.6) is 0 Å². The van der Waals surface area contributed by atoms with E-state index in [-0.39, 0.29) is 11.3 Å². The number of carbonyl (C=O) groups excluding carboxylic acids is 1. The van der Waals surface area contributed by atoms with Crippen molar-refractivity contribution in [3.8, 4) is 0 Å². The summed E-state index contributed by atoms with van der Waals surface area (Å²) in [4.78, 5) is 22.3. The average molecular weight is 252 g/mol. The number of ketones is 1. The summed E-state index contributed by atoms with van der Waals surface area (Å²) >= 11 is 0. The lowest BCUT2D eigenvalue weighted by molar-refractivity contribution is 0.0660. The van der Waals surface area contributed by atoms with Crippen molar-refractivity contribution in [3.63, 3.8) is 0 Å². The van der Waals surface area contributed by atoms with Gasteiger partial charge in [0.25, 0.3) is 0 Å². The van der Waals surface area contributed by atoms with Crippen LogP contribution in [0.4, 0.5) is 8.78 Å². The minimum absolute atomic E-state index is 0.321. The van der Waals surface area contributed by atoms with Crippen LogP contribution in [0.25, 0.3) is 0 Å². The Labute approximate surface area is 99.5 Å². The topological polar surface area (TPSA) is 67.5 Å². The maximum absolute atomic E-state index is 13.3. The lowest BCUT2D eigenvalue weighted by atomic mass is 10.1. The summed E-state index contributed by atoms with van der Waals surface area (Å²) in [6.07, 6.45) is 0. The van der Waals surface area contributed by atoms with E-state index in [1.54, 1.807) is 0 Å². The molecule has 0 fully saturated rings. The highest BCUT2D eigenvalue weighted by molar-refractivity contribution is 6.07. The van der Waals surface area contributed by atoms with Crippen LogP contribution < -0.4 is 0 Å². The van der Waals surface area contributed by atoms with Gasteiger partial charge in [-0.2, -0.15) is 0 Å². The standard InChI is InChI=1S/C12H6F2O4/c13-6-1-2-7(8(14)5-6)11(15)9-3-4-10(18-9)12(16)17/h1-5H,(H,16,17). The maximum atomic E-state index is 13.3. The van der Waals surface area contributed by atoms with E-state index < -0.39 is 29.1 Å². The molecule has 0 radical (unpaired) electrons. The zero-order valence-electron chi connectivity index (χ0n) is 8.81. The number of hydrogen-bond acceptors (Lipinski definition) is 3. The van der Waals surface area contributed by atoms with E-state index in [4.69, 9.17) is 9.52 Å². The van der Waals surface area contributed by atoms with Gasteiger partial charge in [-0.15, -0.1) is 0 Å². The molecule has 0 aliphatic rings. The van der Waals surface area contributed by atoms with Crippen LogP contribution in [-0.4, -0.2) is 16.9 Å². The third-order valence-electron chi connectivity index (χ3n) is 2.22. The third-order valence-corrected chi connectivity index (χ3v) is 2.22. The fourth-order valence-electron chi connectivity index (χ4n) is 1.38. The van der Waals surface area contributed by atoms with E-state index in [0.29, 0.717) is 6.07 Å². The van der Waals surface area contributed by atoms with Crippen LogP contribution in [-0.2, 0) is 0 Å². The SMILES string of the molecule is O=C(O)c1ccc(C(=O)c2ccc(F)cc2F)o1. The number of carboxylic acid groups (broad SMARTS) is 1. The van der Waals surface area contributed by atoms with Crippen molar-refractivity contribution >= 4 is 11.8 Å². The van der Waals surface area contributed by atoms with Gasteiger partial charge in [0, 0.05) is 6.07 Å². The Balaban J connectivity index is 2.38. The number of halogens is 2. The van der Waals surface area contributed by atoms with Gasteiger partial charge in [-0.1, -0.05) is 0 Å². The number of rotatable bonds is 3. The van der Waals surface area contributed by atoms with Crippen molar-refractivity contribution in [2.24, 2.45) is 0 Å². The smallest absolute Gasteiger partial charge is 0.371 e. The molecule has 1 aromatic carbocycles. The zero-order valence-corrected chi connectivity index (χ0v) is 8.81. The van der Waals surface area contributed by atoms with Crippen molar-refractivity contribution < 1.29 is 27.9 Å². The van der Waals surface area contributed by atoms with Gasteiger partial charge >= 0.3 is 5.97 Å². The third kappa shape index (κ3) is 2.13. The van der Waals surface area contributed by atoms with Crippen molar-refractivity contribution in [2.45, 2.75) is 0 Å². The molecule has 92 valence electrons. The summed E-state index contributed by atoms with van der Waals surface area (Å²) in [6, 6.07) is 4.66. The Bertz CT molecular complexity index is 631. The highest BCUT2D eigenvalue weighted by atomic mass is 19.1. The molecule has 0 unspecified atom stereocenters. The van der Waals surface area contributed by atoms with Crippen LogP contribution >= 0.6 is 0 Å². The van der Waals surface area contributed by atoms with Crippen LogP contribution in [0.2, 0.25) is 0 Å². The average Bonchev–Trinajstić information content (AvgIpc) is 2.77. The molecule has 6 heteroatoms. The molecule has 0 bridgehead atoms. The number of carbonyl (C=O) groups is 2. The molecule has 1 heterocycles. The highest BCUT2D eigenvalue weighted by Gasteiger charge is 2.19. The summed E-state index contributed by atoms with van der Waals surface area (Å²) in [5.41, 5.74) is -0.386. The minimum Gasteiger partial charge on any atom is -0.475 e. The first kappa shape index (κ1) is 12.0. The second-order valence-electron chi connectivity index (χ2n) is 3.42. The first-order chi connectivity index (χ1) is 8.49. The van der Waals surface area contributed by atoms with Crippen LogP contribution in [0, 0.1) is 11.6 Å². The molecule has 4 nitrogen and oxygen atoms in total. The lowest BCUT2D eigenvalue weighted by Gasteiger charge is -1.99. The molecule has 0 aliphatic carbocycles. The Morgan fingerprint density at radius 2 is 1.72 bits per heavy atom. The highest BCUT2D eigenvalue weighted by Crippen LogP contribution is 2.17. The van der Waals surface area contributed by atoms with E-state index in [1.165, 1.54) is 0 Å². The second kappa shape index (κ2) is 4.40. The summed E-state index contributed by atoms with van der Waals surface area (Å²) < 4.78 is 30.7. The van der Waals surface area contributed by atoms with Crippen molar-refractivity contribution in [3.05, 3.63) is 59.1 Å². The first-order valence-electron chi connectivity index (χ1n) is 4.82. The van der Waals surface area contributed by atoms with E-state index in [2.05, 4.69) is 0 Å². The number of aromatic carboxylic acids is 1. The molecule has 2 aromatic rings. The van der Waals surface area contributed by atoms with Crippen molar-refractivity contribution in [2.75, 3.05) is 0 Å². The number of carboxylic acids is 1. The van der Waals surface area contributed by atoms with Gasteiger partial charge < -0.3 is 9.52 Å². The molecule has 18 heavy (non-hydrogen) atoms. The van der Waals surface area contributed by atoms with Gasteiger partial charge in [-0.3, -0.25) is 4.79 Å². The molecule has 0 spiro atoms. The van der Waals surface area contributed by atoms with E-state index >= 15 is 0 Å². The van der Waals surface area contributed by atoms with Crippen molar-refractivity contribution in [1.29, 1.82) is 0 Å². The Morgan fingerprint density at radius 3 is 2.28 bits per heavy atom. The molecule has 0 atom stereocenters. The summed E-state index contributed by atoms with van der Waals surface area (Å²) in [6.45, 7) is 0. The van der Waals surface area contributed by atoms with E-state index in [0.717, 1.165) is 24.3 Å². The van der Waals surface area contributed by atoms with E-state index in [9.17, 15) is 18.4 Å². The van der Waals surface area contributed by atoms with Gasteiger partial charge in [0.15, 0.2) is 5.76 Å². The first-order valence-corrected chi connectivity index (χ1v) is 4.82.